The number of thioether (sulfide) groups is 1. The van der Waals surface area contributed by atoms with Crippen LogP contribution in [0.1, 0.15) is 37.3 Å². The van der Waals surface area contributed by atoms with Crippen molar-refractivity contribution in [3.05, 3.63) is 69.6 Å². The lowest BCUT2D eigenvalue weighted by Gasteiger charge is -2.15. The number of carbonyl (C=O) groups is 2. The number of benzene rings is 2. The molecule has 2 aromatic rings. The minimum atomic E-state index is -0.246. The Morgan fingerprint density at radius 3 is 2.27 bits per heavy atom. The summed E-state index contributed by atoms with van der Waals surface area (Å²) < 4.78 is 5.58. The van der Waals surface area contributed by atoms with E-state index in [9.17, 15) is 9.59 Å². The Morgan fingerprint density at radius 1 is 0.933 bits per heavy atom. The Bertz CT molecular complexity index is 922. The van der Waals surface area contributed by atoms with Crippen molar-refractivity contribution >= 4 is 40.8 Å². The molecule has 0 radical (unpaired) electrons. The van der Waals surface area contributed by atoms with Crippen LogP contribution < -0.4 is 0 Å². The molecule has 158 valence electrons. The highest BCUT2D eigenvalue weighted by Crippen LogP contribution is 2.40. The molecule has 3 rings (SSSR count). The maximum Gasteiger partial charge on any atom is 0.268 e. The first-order chi connectivity index (χ1) is 14.5. The van der Waals surface area contributed by atoms with Gasteiger partial charge < -0.3 is 4.74 Å². The van der Waals surface area contributed by atoms with Crippen LogP contribution in [0.2, 0.25) is 5.02 Å². The fourth-order valence-electron chi connectivity index (χ4n) is 3.12. The summed E-state index contributed by atoms with van der Waals surface area (Å²) in [6.45, 7) is 5.71. The third kappa shape index (κ3) is 5.54. The fraction of sp³-hybridized carbons (Fsp3) is 0.333. The summed E-state index contributed by atoms with van der Waals surface area (Å²) in [5.41, 5.74) is 2.33. The van der Waals surface area contributed by atoms with Gasteiger partial charge >= 0.3 is 0 Å². The lowest BCUT2D eigenvalue weighted by molar-refractivity contribution is -0.136. The number of hydrogen-bond acceptors (Lipinski definition) is 4. The zero-order valence-electron chi connectivity index (χ0n) is 17.3. The molecular formula is C24H26ClNO3S. The summed E-state index contributed by atoms with van der Waals surface area (Å²) in [6.07, 6.45) is 2.72. The largest absolute Gasteiger partial charge is 0.381 e. The van der Waals surface area contributed by atoms with E-state index in [1.807, 2.05) is 43.3 Å². The molecule has 0 spiro atoms. The van der Waals surface area contributed by atoms with E-state index in [2.05, 4.69) is 6.92 Å². The average Bonchev–Trinajstić information content (AvgIpc) is 2.97. The molecule has 0 saturated carbocycles. The van der Waals surface area contributed by atoms with Crippen LogP contribution in [-0.4, -0.2) is 36.5 Å². The van der Waals surface area contributed by atoms with Crippen LogP contribution in [0, 0.1) is 6.92 Å². The molecule has 1 heterocycles. The summed E-state index contributed by atoms with van der Waals surface area (Å²) in [4.78, 5) is 29.0. The number of unbranched alkanes of at least 4 members (excludes halogenated alkanes) is 1. The van der Waals surface area contributed by atoms with E-state index in [1.54, 1.807) is 12.1 Å². The van der Waals surface area contributed by atoms with Gasteiger partial charge in [0.1, 0.15) is 0 Å². The summed E-state index contributed by atoms with van der Waals surface area (Å²) >= 11 is 7.29. The second kappa shape index (κ2) is 10.8. The van der Waals surface area contributed by atoms with Crippen molar-refractivity contribution in [1.82, 2.24) is 4.90 Å². The molecule has 0 saturated heterocycles. The van der Waals surface area contributed by atoms with Crippen molar-refractivity contribution in [3.63, 3.8) is 0 Å². The van der Waals surface area contributed by atoms with E-state index in [0.29, 0.717) is 41.7 Å². The molecule has 0 atom stereocenters. The van der Waals surface area contributed by atoms with Crippen LogP contribution in [0.3, 0.4) is 0 Å². The lowest BCUT2D eigenvalue weighted by atomic mass is 10.0. The number of hydrogen-bond donors (Lipinski definition) is 0. The second-order valence-electron chi connectivity index (χ2n) is 7.21. The van der Waals surface area contributed by atoms with Gasteiger partial charge in [0.25, 0.3) is 11.8 Å². The zero-order chi connectivity index (χ0) is 21.5. The highest BCUT2D eigenvalue weighted by molar-refractivity contribution is 8.04. The Balaban J connectivity index is 1.81. The molecule has 30 heavy (non-hydrogen) atoms. The molecular weight excluding hydrogens is 418 g/mol. The third-order valence-electron chi connectivity index (χ3n) is 4.81. The van der Waals surface area contributed by atoms with Crippen LogP contribution in [0.5, 0.6) is 0 Å². The first-order valence-electron chi connectivity index (χ1n) is 10.2. The van der Waals surface area contributed by atoms with Gasteiger partial charge in [-0.05, 0) is 49.6 Å². The summed E-state index contributed by atoms with van der Waals surface area (Å²) in [7, 11) is 0. The van der Waals surface area contributed by atoms with Crippen LogP contribution in [0.25, 0.3) is 5.57 Å². The number of carbonyl (C=O) groups excluding carboxylic acids is 2. The van der Waals surface area contributed by atoms with Gasteiger partial charge in [0.2, 0.25) is 0 Å². The van der Waals surface area contributed by atoms with E-state index >= 15 is 0 Å². The van der Waals surface area contributed by atoms with Crippen LogP contribution in [0.15, 0.2) is 58.3 Å². The van der Waals surface area contributed by atoms with Gasteiger partial charge in [0, 0.05) is 29.7 Å². The summed E-state index contributed by atoms with van der Waals surface area (Å²) in [5.74, 6) is -0.488. The van der Waals surface area contributed by atoms with Crippen molar-refractivity contribution in [1.29, 1.82) is 0 Å². The van der Waals surface area contributed by atoms with Gasteiger partial charge in [-0.2, -0.15) is 0 Å². The summed E-state index contributed by atoms with van der Waals surface area (Å²) in [6, 6.07) is 15.0. The first-order valence-corrected chi connectivity index (χ1v) is 11.4. The summed E-state index contributed by atoms with van der Waals surface area (Å²) in [5, 5.41) is 0.630. The Labute approximate surface area is 187 Å². The Hall–Kier alpha value is -2.08. The fourth-order valence-corrected chi connectivity index (χ4v) is 4.26. The molecule has 1 aliphatic rings. The zero-order valence-corrected chi connectivity index (χ0v) is 18.9. The van der Waals surface area contributed by atoms with Gasteiger partial charge in [-0.25, -0.2) is 0 Å². The molecule has 0 N–H and O–H groups in total. The Kier molecular flexibility index (Phi) is 8.14. The van der Waals surface area contributed by atoms with Gasteiger partial charge in [-0.15, -0.1) is 0 Å². The van der Waals surface area contributed by atoms with Gasteiger partial charge in [-0.3, -0.25) is 14.5 Å². The van der Waals surface area contributed by atoms with Crippen LogP contribution in [0.4, 0.5) is 0 Å². The van der Waals surface area contributed by atoms with Crippen molar-refractivity contribution in [2.24, 2.45) is 0 Å². The first kappa shape index (κ1) is 22.6. The quantitative estimate of drug-likeness (QED) is 0.347. The SMILES string of the molecule is CCCCOCCCN1C(=O)C(Sc2ccc(Cl)cc2)=C(c2ccc(C)cc2)C1=O. The van der Waals surface area contributed by atoms with E-state index in [0.717, 1.165) is 28.9 Å². The second-order valence-corrected chi connectivity index (χ2v) is 8.73. The maximum absolute atomic E-state index is 13.2. The van der Waals surface area contributed by atoms with Crippen molar-refractivity contribution in [2.75, 3.05) is 19.8 Å². The van der Waals surface area contributed by atoms with Crippen molar-refractivity contribution in [3.8, 4) is 0 Å². The number of rotatable bonds is 10. The molecule has 0 unspecified atom stereocenters. The molecule has 6 heteroatoms. The molecule has 2 amide bonds. The Morgan fingerprint density at radius 2 is 1.60 bits per heavy atom. The number of halogens is 1. The highest BCUT2D eigenvalue weighted by atomic mass is 35.5. The number of nitrogens with zero attached hydrogens (tertiary/aromatic N) is 1. The molecule has 2 aromatic carbocycles. The number of ether oxygens (including phenoxy) is 1. The smallest absolute Gasteiger partial charge is 0.268 e. The minimum absolute atomic E-state index is 0.242. The predicted octanol–water partition coefficient (Wildman–Crippen LogP) is 5.73. The maximum atomic E-state index is 13.2. The number of aryl methyl sites for hydroxylation is 1. The third-order valence-corrected chi connectivity index (χ3v) is 6.15. The molecule has 0 bridgehead atoms. The molecule has 0 aromatic heterocycles. The molecule has 1 aliphatic heterocycles. The van der Waals surface area contributed by atoms with Crippen molar-refractivity contribution in [2.45, 2.75) is 38.0 Å². The predicted molar refractivity (Wildman–Crippen MR) is 122 cm³/mol. The van der Waals surface area contributed by atoms with Crippen molar-refractivity contribution < 1.29 is 14.3 Å². The monoisotopic (exact) mass is 443 g/mol. The standard InChI is InChI=1S/C24H26ClNO3S/c1-3-4-15-29-16-5-14-26-23(27)21(18-8-6-17(2)7-9-18)22(24(26)28)30-20-12-10-19(25)11-13-20/h6-13H,3-5,14-16H2,1-2H3. The molecule has 4 nitrogen and oxygen atoms in total. The minimum Gasteiger partial charge on any atom is -0.381 e. The van der Waals surface area contributed by atoms with E-state index in [1.165, 1.54) is 16.7 Å². The van der Waals surface area contributed by atoms with E-state index < -0.39 is 0 Å². The lowest BCUT2D eigenvalue weighted by Crippen LogP contribution is -2.33. The van der Waals surface area contributed by atoms with Gasteiger partial charge in [-0.1, -0.05) is 66.5 Å². The topological polar surface area (TPSA) is 46.6 Å². The number of amides is 2. The van der Waals surface area contributed by atoms with E-state index in [-0.39, 0.29) is 11.8 Å². The van der Waals surface area contributed by atoms with Gasteiger partial charge in [0.05, 0.1) is 10.5 Å². The van der Waals surface area contributed by atoms with Gasteiger partial charge in [0.15, 0.2) is 0 Å². The average molecular weight is 444 g/mol. The number of imide groups is 1. The highest BCUT2D eigenvalue weighted by Gasteiger charge is 2.39. The molecule has 0 fully saturated rings. The van der Waals surface area contributed by atoms with Crippen LogP contribution >= 0.6 is 23.4 Å². The van der Waals surface area contributed by atoms with Crippen LogP contribution in [-0.2, 0) is 14.3 Å². The normalized spacial score (nSPS) is 14.2. The molecule has 0 aliphatic carbocycles. The van der Waals surface area contributed by atoms with E-state index in [4.69, 9.17) is 16.3 Å².